The normalized spacial score (nSPS) is 23.8. The number of nitrogens with one attached hydrogen (secondary N) is 1. The molecule has 4 nitrogen and oxygen atoms in total. The second kappa shape index (κ2) is 6.94. The standard InChI is InChI=1S/C15H27N3O/c1-12(2)13-4-6-14(7-5-13)17-15-10-16-18(11-15)8-9-19-3/h10-14,17H,4-9H2,1-3H3. The van der Waals surface area contributed by atoms with Crippen LogP contribution in [-0.4, -0.2) is 29.5 Å². The van der Waals surface area contributed by atoms with E-state index in [1.807, 2.05) is 10.9 Å². The summed E-state index contributed by atoms with van der Waals surface area (Å²) < 4.78 is 6.99. The summed E-state index contributed by atoms with van der Waals surface area (Å²) in [5.74, 6) is 1.75. The number of ether oxygens (including phenoxy) is 1. The van der Waals surface area contributed by atoms with Gasteiger partial charge < -0.3 is 10.1 Å². The summed E-state index contributed by atoms with van der Waals surface area (Å²) in [5, 5.41) is 7.95. The van der Waals surface area contributed by atoms with Crippen molar-refractivity contribution in [2.75, 3.05) is 19.0 Å². The summed E-state index contributed by atoms with van der Waals surface area (Å²) in [4.78, 5) is 0. The van der Waals surface area contributed by atoms with Gasteiger partial charge in [0.25, 0.3) is 0 Å². The molecule has 1 aromatic rings. The van der Waals surface area contributed by atoms with Crippen LogP contribution in [-0.2, 0) is 11.3 Å². The van der Waals surface area contributed by atoms with E-state index in [0.29, 0.717) is 12.6 Å². The van der Waals surface area contributed by atoms with Crippen molar-refractivity contribution in [1.29, 1.82) is 0 Å². The molecule has 0 radical (unpaired) electrons. The summed E-state index contributed by atoms with van der Waals surface area (Å²) in [6.07, 6.45) is 9.27. The molecular weight excluding hydrogens is 238 g/mol. The Morgan fingerprint density at radius 3 is 2.74 bits per heavy atom. The molecule has 0 bridgehead atoms. The Morgan fingerprint density at radius 2 is 2.11 bits per heavy atom. The van der Waals surface area contributed by atoms with Gasteiger partial charge in [0.05, 0.1) is 25.0 Å². The third kappa shape index (κ3) is 4.23. The van der Waals surface area contributed by atoms with E-state index in [9.17, 15) is 0 Å². The molecule has 1 heterocycles. The van der Waals surface area contributed by atoms with Crippen molar-refractivity contribution in [3.8, 4) is 0 Å². The van der Waals surface area contributed by atoms with E-state index in [1.54, 1.807) is 7.11 Å². The molecule has 1 saturated carbocycles. The van der Waals surface area contributed by atoms with Gasteiger partial charge in [-0.15, -0.1) is 0 Å². The zero-order chi connectivity index (χ0) is 13.7. The third-order valence-electron chi connectivity index (χ3n) is 4.24. The summed E-state index contributed by atoms with van der Waals surface area (Å²) in [7, 11) is 1.72. The van der Waals surface area contributed by atoms with Crippen molar-refractivity contribution in [1.82, 2.24) is 9.78 Å². The Labute approximate surface area is 116 Å². The molecule has 0 saturated heterocycles. The van der Waals surface area contributed by atoms with Crippen LogP contribution in [0.25, 0.3) is 0 Å². The molecule has 19 heavy (non-hydrogen) atoms. The molecule has 2 rings (SSSR count). The number of hydrogen-bond acceptors (Lipinski definition) is 3. The average Bonchev–Trinajstić information content (AvgIpc) is 2.84. The van der Waals surface area contributed by atoms with Gasteiger partial charge in [-0.1, -0.05) is 13.8 Å². The summed E-state index contributed by atoms with van der Waals surface area (Å²) in [5.41, 5.74) is 1.14. The highest BCUT2D eigenvalue weighted by Gasteiger charge is 2.23. The van der Waals surface area contributed by atoms with Gasteiger partial charge in [0.1, 0.15) is 0 Å². The van der Waals surface area contributed by atoms with Crippen LogP contribution in [0.15, 0.2) is 12.4 Å². The molecule has 1 aromatic heterocycles. The molecule has 1 N–H and O–H groups in total. The Balaban J connectivity index is 1.77. The van der Waals surface area contributed by atoms with Crippen LogP contribution in [0.5, 0.6) is 0 Å². The van der Waals surface area contributed by atoms with Crippen molar-refractivity contribution >= 4 is 5.69 Å². The van der Waals surface area contributed by atoms with Crippen LogP contribution in [0.1, 0.15) is 39.5 Å². The molecule has 108 valence electrons. The molecular formula is C15H27N3O. The minimum absolute atomic E-state index is 0.620. The Morgan fingerprint density at radius 1 is 1.37 bits per heavy atom. The first-order valence-electron chi connectivity index (χ1n) is 7.47. The number of anilines is 1. The topological polar surface area (TPSA) is 39.1 Å². The fraction of sp³-hybridized carbons (Fsp3) is 0.800. The number of rotatable bonds is 6. The van der Waals surface area contributed by atoms with Crippen LogP contribution in [0.2, 0.25) is 0 Å². The van der Waals surface area contributed by atoms with Crippen LogP contribution in [0, 0.1) is 11.8 Å². The van der Waals surface area contributed by atoms with E-state index in [1.165, 1.54) is 25.7 Å². The Kier molecular flexibility index (Phi) is 5.25. The predicted octanol–water partition coefficient (Wildman–Crippen LogP) is 3.16. The van der Waals surface area contributed by atoms with Crippen molar-refractivity contribution < 1.29 is 4.74 Å². The van der Waals surface area contributed by atoms with Gasteiger partial charge in [-0.25, -0.2) is 0 Å². The van der Waals surface area contributed by atoms with E-state index in [2.05, 4.69) is 30.5 Å². The highest BCUT2D eigenvalue weighted by molar-refractivity contribution is 5.39. The lowest BCUT2D eigenvalue weighted by molar-refractivity contribution is 0.183. The van der Waals surface area contributed by atoms with Gasteiger partial charge >= 0.3 is 0 Å². The van der Waals surface area contributed by atoms with Gasteiger partial charge in [-0.2, -0.15) is 5.10 Å². The van der Waals surface area contributed by atoms with Crippen molar-refractivity contribution in [3.05, 3.63) is 12.4 Å². The monoisotopic (exact) mass is 265 g/mol. The highest BCUT2D eigenvalue weighted by Crippen LogP contribution is 2.31. The van der Waals surface area contributed by atoms with Crippen LogP contribution in [0.4, 0.5) is 5.69 Å². The predicted molar refractivity (Wildman–Crippen MR) is 78.3 cm³/mol. The first-order chi connectivity index (χ1) is 9.19. The molecule has 0 spiro atoms. The lowest BCUT2D eigenvalue weighted by atomic mass is 9.80. The van der Waals surface area contributed by atoms with Crippen LogP contribution in [0.3, 0.4) is 0 Å². The Bertz CT molecular complexity index is 367. The van der Waals surface area contributed by atoms with Crippen molar-refractivity contribution in [3.63, 3.8) is 0 Å². The molecule has 0 aliphatic heterocycles. The second-order valence-corrected chi connectivity index (χ2v) is 5.98. The fourth-order valence-corrected chi connectivity index (χ4v) is 2.91. The molecule has 0 aromatic carbocycles. The van der Waals surface area contributed by atoms with Crippen LogP contribution >= 0.6 is 0 Å². The second-order valence-electron chi connectivity index (χ2n) is 5.98. The largest absolute Gasteiger partial charge is 0.383 e. The van der Waals surface area contributed by atoms with Gasteiger partial charge in [0.15, 0.2) is 0 Å². The number of hydrogen-bond donors (Lipinski definition) is 1. The quantitative estimate of drug-likeness (QED) is 0.858. The summed E-state index contributed by atoms with van der Waals surface area (Å²) >= 11 is 0. The van der Waals surface area contributed by atoms with Gasteiger partial charge in [0, 0.05) is 19.3 Å². The maximum atomic E-state index is 5.06. The van der Waals surface area contributed by atoms with Gasteiger partial charge in [-0.3, -0.25) is 4.68 Å². The van der Waals surface area contributed by atoms with E-state index >= 15 is 0 Å². The first-order valence-corrected chi connectivity index (χ1v) is 7.47. The van der Waals surface area contributed by atoms with Crippen molar-refractivity contribution in [2.45, 2.75) is 52.1 Å². The lowest BCUT2D eigenvalue weighted by Crippen LogP contribution is -2.27. The Hall–Kier alpha value is -1.03. The number of aromatic nitrogens is 2. The van der Waals surface area contributed by atoms with E-state index < -0.39 is 0 Å². The third-order valence-corrected chi connectivity index (χ3v) is 4.24. The fourth-order valence-electron chi connectivity index (χ4n) is 2.91. The number of methoxy groups -OCH3 is 1. The zero-order valence-corrected chi connectivity index (χ0v) is 12.4. The SMILES string of the molecule is COCCn1cc(NC2CCC(C(C)C)CC2)cn1. The zero-order valence-electron chi connectivity index (χ0n) is 12.4. The molecule has 4 heteroatoms. The van der Waals surface area contributed by atoms with E-state index in [0.717, 1.165) is 24.1 Å². The maximum Gasteiger partial charge on any atom is 0.0728 e. The van der Waals surface area contributed by atoms with Gasteiger partial charge in [0.2, 0.25) is 0 Å². The minimum atomic E-state index is 0.620. The van der Waals surface area contributed by atoms with E-state index in [4.69, 9.17) is 4.74 Å². The smallest absolute Gasteiger partial charge is 0.0728 e. The van der Waals surface area contributed by atoms with Crippen LogP contribution < -0.4 is 5.32 Å². The van der Waals surface area contributed by atoms with E-state index in [-0.39, 0.29) is 0 Å². The molecule has 0 atom stereocenters. The first kappa shape index (κ1) is 14.4. The summed E-state index contributed by atoms with van der Waals surface area (Å²) in [6.45, 7) is 6.22. The maximum absolute atomic E-state index is 5.06. The lowest BCUT2D eigenvalue weighted by Gasteiger charge is -2.31. The highest BCUT2D eigenvalue weighted by atomic mass is 16.5. The molecule has 1 fully saturated rings. The molecule has 1 aliphatic carbocycles. The average molecular weight is 265 g/mol. The molecule has 1 aliphatic rings. The summed E-state index contributed by atoms with van der Waals surface area (Å²) in [6, 6.07) is 0.620. The molecule has 0 unspecified atom stereocenters. The molecule has 0 amide bonds. The van der Waals surface area contributed by atoms with Gasteiger partial charge in [-0.05, 0) is 37.5 Å². The minimum Gasteiger partial charge on any atom is -0.383 e. The number of nitrogens with zero attached hydrogens (tertiary/aromatic N) is 2. The van der Waals surface area contributed by atoms with Crippen molar-refractivity contribution in [2.24, 2.45) is 11.8 Å².